The lowest BCUT2D eigenvalue weighted by atomic mass is 10.2. The smallest absolute Gasteiger partial charge is 0.325 e. The van der Waals surface area contributed by atoms with E-state index in [0.29, 0.717) is 12.1 Å². The number of carbonyl (C=O) groups excluding carboxylic acids is 2. The van der Waals surface area contributed by atoms with Gasteiger partial charge in [-0.2, -0.15) is 0 Å². The minimum Gasteiger partial charge on any atom is -0.472 e. The molecule has 5 nitrogen and oxygen atoms in total. The van der Waals surface area contributed by atoms with E-state index in [2.05, 4.69) is 4.74 Å². The molecule has 0 aliphatic rings. The first-order chi connectivity index (χ1) is 7.69. The van der Waals surface area contributed by atoms with Crippen LogP contribution in [0, 0.1) is 0 Å². The number of methoxy groups -OCH3 is 1. The quantitative estimate of drug-likeness (QED) is 0.709. The Morgan fingerprint density at radius 2 is 2.25 bits per heavy atom. The van der Waals surface area contributed by atoms with Gasteiger partial charge in [0.25, 0.3) is 5.91 Å². The van der Waals surface area contributed by atoms with Gasteiger partial charge in [-0.15, -0.1) is 0 Å². The van der Waals surface area contributed by atoms with Crippen LogP contribution in [-0.2, 0) is 9.53 Å². The molecule has 0 saturated carbocycles. The second kappa shape index (κ2) is 5.95. The molecule has 0 aromatic carbocycles. The third-order valence-electron chi connectivity index (χ3n) is 2.10. The van der Waals surface area contributed by atoms with Crippen LogP contribution in [0.4, 0.5) is 0 Å². The van der Waals surface area contributed by atoms with E-state index in [9.17, 15) is 9.59 Å². The maximum atomic E-state index is 11.9. The molecule has 88 valence electrons. The number of nitrogens with zero attached hydrogens (tertiary/aromatic N) is 1. The van der Waals surface area contributed by atoms with Gasteiger partial charge >= 0.3 is 5.97 Å². The molecular weight excluding hydrogens is 210 g/mol. The van der Waals surface area contributed by atoms with Crippen molar-refractivity contribution < 1.29 is 18.7 Å². The van der Waals surface area contributed by atoms with Crippen molar-refractivity contribution in [2.75, 3.05) is 20.2 Å². The molecule has 0 saturated heterocycles. The van der Waals surface area contributed by atoms with Crippen molar-refractivity contribution in [2.24, 2.45) is 0 Å². The number of ether oxygens (including phenoxy) is 1. The summed E-state index contributed by atoms with van der Waals surface area (Å²) >= 11 is 0. The summed E-state index contributed by atoms with van der Waals surface area (Å²) in [5.74, 6) is -0.647. The highest BCUT2D eigenvalue weighted by Gasteiger charge is 2.18. The zero-order valence-corrected chi connectivity index (χ0v) is 9.43. The van der Waals surface area contributed by atoms with Crippen LogP contribution in [0.5, 0.6) is 0 Å². The molecule has 0 spiro atoms. The number of hydrogen-bond donors (Lipinski definition) is 0. The van der Waals surface area contributed by atoms with Gasteiger partial charge in [0.2, 0.25) is 0 Å². The van der Waals surface area contributed by atoms with Crippen LogP contribution in [0.2, 0.25) is 0 Å². The van der Waals surface area contributed by atoms with Gasteiger partial charge in [0.05, 0.1) is 18.9 Å². The summed E-state index contributed by atoms with van der Waals surface area (Å²) in [5, 5.41) is 0. The van der Waals surface area contributed by atoms with Crippen molar-refractivity contribution >= 4 is 11.9 Å². The van der Waals surface area contributed by atoms with Gasteiger partial charge in [-0.25, -0.2) is 0 Å². The average molecular weight is 225 g/mol. The van der Waals surface area contributed by atoms with Crippen molar-refractivity contribution in [1.82, 2.24) is 4.90 Å². The number of furan rings is 1. The lowest BCUT2D eigenvalue weighted by Crippen LogP contribution is -2.36. The highest BCUT2D eigenvalue weighted by Crippen LogP contribution is 2.06. The van der Waals surface area contributed by atoms with E-state index < -0.39 is 5.97 Å². The summed E-state index contributed by atoms with van der Waals surface area (Å²) in [4.78, 5) is 24.5. The Hall–Kier alpha value is -1.78. The highest BCUT2D eigenvalue weighted by molar-refractivity contribution is 5.95. The Kier molecular flexibility index (Phi) is 4.57. The molecule has 0 unspecified atom stereocenters. The number of hydrogen-bond acceptors (Lipinski definition) is 4. The van der Waals surface area contributed by atoms with Crippen LogP contribution < -0.4 is 0 Å². The number of rotatable bonds is 5. The average Bonchev–Trinajstić information content (AvgIpc) is 2.80. The Morgan fingerprint density at radius 1 is 1.50 bits per heavy atom. The van der Waals surface area contributed by atoms with E-state index >= 15 is 0 Å². The van der Waals surface area contributed by atoms with Gasteiger partial charge in [0.15, 0.2) is 0 Å². The third kappa shape index (κ3) is 3.12. The maximum Gasteiger partial charge on any atom is 0.325 e. The van der Waals surface area contributed by atoms with Crippen molar-refractivity contribution in [3.63, 3.8) is 0 Å². The maximum absolute atomic E-state index is 11.9. The molecule has 0 fully saturated rings. The second-order valence-electron chi connectivity index (χ2n) is 3.31. The first-order valence-electron chi connectivity index (χ1n) is 5.07. The monoisotopic (exact) mass is 225 g/mol. The molecule has 0 bridgehead atoms. The molecule has 1 heterocycles. The fraction of sp³-hybridized carbons (Fsp3) is 0.455. The minimum atomic E-state index is -0.426. The van der Waals surface area contributed by atoms with E-state index in [-0.39, 0.29) is 12.5 Å². The third-order valence-corrected chi connectivity index (χ3v) is 2.10. The molecule has 1 amide bonds. The van der Waals surface area contributed by atoms with Crippen molar-refractivity contribution in [2.45, 2.75) is 13.3 Å². The summed E-state index contributed by atoms with van der Waals surface area (Å²) in [7, 11) is 1.30. The van der Waals surface area contributed by atoms with Crippen LogP contribution in [0.15, 0.2) is 23.0 Å². The molecule has 1 rings (SSSR count). The highest BCUT2D eigenvalue weighted by atomic mass is 16.5. The summed E-state index contributed by atoms with van der Waals surface area (Å²) in [6.07, 6.45) is 3.57. The predicted octanol–water partition coefficient (Wildman–Crippen LogP) is 1.30. The van der Waals surface area contributed by atoms with Crippen LogP contribution >= 0.6 is 0 Å². The SMILES string of the molecule is CCCN(CC(=O)OC)C(=O)c1ccoc1. The van der Waals surface area contributed by atoms with Crippen molar-refractivity contribution in [3.05, 3.63) is 24.2 Å². The van der Waals surface area contributed by atoms with Crippen molar-refractivity contribution in [3.8, 4) is 0 Å². The van der Waals surface area contributed by atoms with Crippen molar-refractivity contribution in [1.29, 1.82) is 0 Å². The van der Waals surface area contributed by atoms with Gasteiger partial charge in [-0.3, -0.25) is 9.59 Å². The molecule has 0 N–H and O–H groups in total. The number of amides is 1. The Balaban J connectivity index is 2.69. The standard InChI is InChI=1S/C11H15NO4/c1-3-5-12(7-10(13)15-2)11(14)9-4-6-16-8-9/h4,6,8H,3,5,7H2,1-2H3. The van der Waals surface area contributed by atoms with Crippen LogP contribution in [0.3, 0.4) is 0 Å². The molecule has 0 aliphatic heterocycles. The fourth-order valence-corrected chi connectivity index (χ4v) is 1.31. The van der Waals surface area contributed by atoms with E-state index in [4.69, 9.17) is 4.42 Å². The molecule has 1 aromatic heterocycles. The second-order valence-corrected chi connectivity index (χ2v) is 3.31. The summed E-state index contributed by atoms with van der Waals surface area (Å²) in [5.41, 5.74) is 0.442. The first-order valence-corrected chi connectivity index (χ1v) is 5.07. The van der Waals surface area contributed by atoms with Gasteiger partial charge in [-0.1, -0.05) is 6.92 Å². The number of carbonyl (C=O) groups is 2. The summed E-state index contributed by atoms with van der Waals surface area (Å²) in [6.45, 7) is 2.42. The molecule has 0 atom stereocenters. The van der Waals surface area contributed by atoms with Crippen LogP contribution in [0.25, 0.3) is 0 Å². The predicted molar refractivity (Wildman–Crippen MR) is 56.9 cm³/mol. The van der Waals surface area contributed by atoms with Crippen LogP contribution in [-0.4, -0.2) is 37.0 Å². The lowest BCUT2D eigenvalue weighted by Gasteiger charge is -2.19. The summed E-state index contributed by atoms with van der Waals surface area (Å²) < 4.78 is 9.37. The van der Waals surface area contributed by atoms with E-state index in [0.717, 1.165) is 6.42 Å². The molecule has 1 aromatic rings. The van der Waals surface area contributed by atoms with E-state index in [1.807, 2.05) is 6.92 Å². The molecule has 16 heavy (non-hydrogen) atoms. The van der Waals surface area contributed by atoms with Gasteiger partial charge in [0.1, 0.15) is 12.8 Å². The molecular formula is C11H15NO4. The normalized spacial score (nSPS) is 9.88. The van der Waals surface area contributed by atoms with Gasteiger partial charge in [-0.05, 0) is 12.5 Å². The fourth-order valence-electron chi connectivity index (χ4n) is 1.31. The zero-order valence-electron chi connectivity index (χ0n) is 9.43. The summed E-state index contributed by atoms with van der Waals surface area (Å²) in [6, 6.07) is 1.57. The molecule has 0 aliphatic carbocycles. The van der Waals surface area contributed by atoms with Crippen LogP contribution in [0.1, 0.15) is 23.7 Å². The largest absolute Gasteiger partial charge is 0.472 e. The molecule has 5 heteroatoms. The Morgan fingerprint density at radius 3 is 2.75 bits per heavy atom. The van der Waals surface area contributed by atoms with E-state index in [1.165, 1.54) is 24.5 Å². The number of esters is 1. The van der Waals surface area contributed by atoms with Gasteiger partial charge in [0, 0.05) is 6.54 Å². The van der Waals surface area contributed by atoms with E-state index in [1.54, 1.807) is 6.07 Å². The minimum absolute atomic E-state index is 0.0334. The van der Waals surface area contributed by atoms with Gasteiger partial charge < -0.3 is 14.1 Å². The Bertz CT molecular complexity index is 345. The molecule has 0 radical (unpaired) electrons. The zero-order chi connectivity index (χ0) is 12.0. The Labute approximate surface area is 94.0 Å². The topological polar surface area (TPSA) is 59.8 Å². The lowest BCUT2D eigenvalue weighted by molar-refractivity contribution is -0.141. The first kappa shape index (κ1) is 12.3.